The topological polar surface area (TPSA) is 57.9 Å². The first kappa shape index (κ1) is 18.0. The van der Waals surface area contributed by atoms with Crippen molar-refractivity contribution in [3.05, 3.63) is 70.1 Å². The maximum absolute atomic E-state index is 9.45. The first-order chi connectivity index (χ1) is 12.7. The molecule has 2 aromatic carbocycles. The van der Waals surface area contributed by atoms with E-state index in [0.717, 1.165) is 22.7 Å². The third-order valence-electron chi connectivity index (χ3n) is 3.52. The molecular weight excluding hydrogens is 366 g/mol. The Bertz CT molecular complexity index is 958. The van der Waals surface area contributed by atoms with Crippen molar-refractivity contribution in [1.82, 2.24) is 4.98 Å². The van der Waals surface area contributed by atoms with Crippen molar-refractivity contribution in [3.8, 4) is 23.1 Å². The lowest BCUT2D eigenvalue weighted by Crippen LogP contribution is -1.91. The summed E-state index contributed by atoms with van der Waals surface area (Å²) in [4.78, 5) is 4.58. The number of ether oxygens (including phenoxy) is 1. The number of nitrogens with one attached hydrogen (secondary N) is 1. The van der Waals surface area contributed by atoms with Crippen molar-refractivity contribution in [1.29, 1.82) is 5.26 Å². The number of aromatic nitrogens is 1. The van der Waals surface area contributed by atoms with Gasteiger partial charge in [0.1, 0.15) is 22.4 Å². The highest BCUT2D eigenvalue weighted by atomic mass is 35.5. The van der Waals surface area contributed by atoms with Gasteiger partial charge in [0.15, 0.2) is 0 Å². The number of nitrogens with zero attached hydrogens (tertiary/aromatic N) is 2. The number of nitriles is 1. The Kier molecular flexibility index (Phi) is 5.90. The lowest BCUT2D eigenvalue weighted by molar-refractivity contribution is 0.340. The van der Waals surface area contributed by atoms with Gasteiger partial charge in [0.2, 0.25) is 0 Å². The summed E-state index contributed by atoms with van der Waals surface area (Å²) in [6.45, 7) is 2.59. The fourth-order valence-corrected chi connectivity index (χ4v) is 3.28. The van der Waals surface area contributed by atoms with Gasteiger partial charge in [-0.2, -0.15) is 5.26 Å². The average Bonchev–Trinajstić information content (AvgIpc) is 3.13. The zero-order chi connectivity index (χ0) is 18.4. The largest absolute Gasteiger partial charge is 0.494 e. The minimum Gasteiger partial charge on any atom is -0.494 e. The van der Waals surface area contributed by atoms with Crippen LogP contribution in [0.4, 0.5) is 5.69 Å². The van der Waals surface area contributed by atoms with Gasteiger partial charge in [-0.1, -0.05) is 17.7 Å². The molecule has 0 aliphatic rings. The Morgan fingerprint density at radius 3 is 2.81 bits per heavy atom. The van der Waals surface area contributed by atoms with Crippen molar-refractivity contribution in [2.75, 3.05) is 11.9 Å². The second-order valence-electron chi connectivity index (χ2n) is 5.32. The fraction of sp³-hybridized carbons (Fsp3) is 0.100. The Morgan fingerprint density at radius 2 is 2.12 bits per heavy atom. The smallest absolute Gasteiger partial charge is 0.136 e. The van der Waals surface area contributed by atoms with Gasteiger partial charge in [-0.25, -0.2) is 4.98 Å². The number of hydrogen-bond donors (Lipinski definition) is 1. The maximum atomic E-state index is 9.45. The molecular formula is C20H16ClN3OS. The van der Waals surface area contributed by atoms with Crippen LogP contribution in [0.2, 0.25) is 5.02 Å². The van der Waals surface area contributed by atoms with E-state index in [2.05, 4.69) is 16.4 Å². The fourth-order valence-electron chi connectivity index (χ4n) is 2.29. The first-order valence-electron chi connectivity index (χ1n) is 8.01. The van der Waals surface area contributed by atoms with E-state index in [4.69, 9.17) is 16.3 Å². The van der Waals surface area contributed by atoms with Gasteiger partial charge in [0, 0.05) is 27.9 Å². The molecule has 0 radical (unpaired) electrons. The first-order valence-corrected chi connectivity index (χ1v) is 9.27. The number of allylic oxidation sites excluding steroid dienone is 1. The van der Waals surface area contributed by atoms with Crippen molar-refractivity contribution >= 4 is 34.2 Å². The van der Waals surface area contributed by atoms with Crippen LogP contribution in [0.1, 0.15) is 11.9 Å². The quantitative estimate of drug-likeness (QED) is 0.545. The van der Waals surface area contributed by atoms with Crippen LogP contribution in [0.3, 0.4) is 0 Å². The summed E-state index contributed by atoms with van der Waals surface area (Å²) in [7, 11) is 0. The highest BCUT2D eigenvalue weighted by Gasteiger charge is 2.09. The third kappa shape index (κ3) is 4.42. The zero-order valence-corrected chi connectivity index (χ0v) is 15.6. The Hall–Kier alpha value is -2.81. The summed E-state index contributed by atoms with van der Waals surface area (Å²) in [6.07, 6.45) is 1.65. The van der Waals surface area contributed by atoms with E-state index in [9.17, 15) is 5.26 Å². The molecule has 0 amide bonds. The van der Waals surface area contributed by atoms with Crippen molar-refractivity contribution in [2.45, 2.75) is 6.92 Å². The van der Waals surface area contributed by atoms with Gasteiger partial charge in [-0.05, 0) is 49.4 Å². The maximum Gasteiger partial charge on any atom is 0.136 e. The normalized spacial score (nSPS) is 11.0. The van der Waals surface area contributed by atoms with Gasteiger partial charge in [0.25, 0.3) is 0 Å². The SMILES string of the molecule is CCOc1ccc(-c2csc(/C(C#N)=C\Nc3cccc(Cl)c3)n2)cc1. The van der Waals surface area contributed by atoms with Crippen LogP contribution < -0.4 is 10.1 Å². The Morgan fingerprint density at radius 1 is 1.31 bits per heavy atom. The molecule has 4 nitrogen and oxygen atoms in total. The average molecular weight is 382 g/mol. The molecule has 0 bridgehead atoms. The summed E-state index contributed by atoms with van der Waals surface area (Å²) in [5.74, 6) is 0.829. The minimum absolute atomic E-state index is 0.465. The second kappa shape index (κ2) is 8.52. The van der Waals surface area contributed by atoms with Crippen LogP contribution in [-0.4, -0.2) is 11.6 Å². The van der Waals surface area contributed by atoms with Crippen LogP contribution in [0.25, 0.3) is 16.8 Å². The molecule has 6 heteroatoms. The molecule has 0 atom stereocenters. The molecule has 1 N–H and O–H groups in total. The van der Waals surface area contributed by atoms with Crippen molar-refractivity contribution in [3.63, 3.8) is 0 Å². The predicted octanol–water partition coefficient (Wildman–Crippen LogP) is 5.84. The zero-order valence-electron chi connectivity index (χ0n) is 14.1. The van der Waals surface area contributed by atoms with Gasteiger partial charge < -0.3 is 10.1 Å². The molecule has 0 aliphatic heterocycles. The molecule has 1 heterocycles. The third-order valence-corrected chi connectivity index (χ3v) is 4.63. The van der Waals surface area contributed by atoms with Crippen LogP contribution in [0.5, 0.6) is 5.75 Å². The molecule has 0 unspecified atom stereocenters. The molecule has 0 saturated carbocycles. The summed E-state index contributed by atoms with van der Waals surface area (Å²) < 4.78 is 5.45. The molecule has 1 aromatic heterocycles. The van der Waals surface area contributed by atoms with Gasteiger partial charge in [-0.3, -0.25) is 0 Å². The highest BCUT2D eigenvalue weighted by molar-refractivity contribution is 7.11. The number of rotatable bonds is 6. The Balaban J connectivity index is 1.78. The molecule has 0 spiro atoms. The van der Waals surface area contributed by atoms with Crippen LogP contribution in [0.15, 0.2) is 60.1 Å². The van der Waals surface area contributed by atoms with E-state index in [1.807, 2.05) is 48.7 Å². The lowest BCUT2D eigenvalue weighted by atomic mass is 10.2. The summed E-state index contributed by atoms with van der Waals surface area (Å²) in [5.41, 5.74) is 3.09. The van der Waals surface area contributed by atoms with E-state index < -0.39 is 0 Å². The molecule has 3 aromatic rings. The lowest BCUT2D eigenvalue weighted by Gasteiger charge is -2.03. The van der Waals surface area contributed by atoms with Gasteiger partial charge in [-0.15, -0.1) is 11.3 Å². The van der Waals surface area contributed by atoms with E-state index in [-0.39, 0.29) is 0 Å². The molecule has 130 valence electrons. The molecule has 26 heavy (non-hydrogen) atoms. The summed E-state index contributed by atoms with van der Waals surface area (Å²) in [6, 6.07) is 17.3. The van der Waals surface area contributed by atoms with E-state index in [1.165, 1.54) is 11.3 Å². The van der Waals surface area contributed by atoms with Crippen molar-refractivity contribution < 1.29 is 4.74 Å². The van der Waals surface area contributed by atoms with Gasteiger partial charge >= 0.3 is 0 Å². The van der Waals surface area contributed by atoms with Crippen molar-refractivity contribution in [2.24, 2.45) is 0 Å². The van der Waals surface area contributed by atoms with E-state index in [1.54, 1.807) is 18.3 Å². The standard InChI is InChI=1S/C20H16ClN3OS/c1-2-25-18-8-6-14(7-9-18)19-13-26-20(24-19)15(11-22)12-23-17-5-3-4-16(21)10-17/h3-10,12-13,23H,2H2,1H3/b15-12-. The Labute approximate surface area is 161 Å². The minimum atomic E-state index is 0.465. The monoisotopic (exact) mass is 381 g/mol. The highest BCUT2D eigenvalue weighted by Crippen LogP contribution is 2.27. The van der Waals surface area contributed by atoms with Crippen LogP contribution in [0, 0.1) is 11.3 Å². The molecule has 0 fully saturated rings. The predicted molar refractivity (Wildman–Crippen MR) is 107 cm³/mol. The number of benzene rings is 2. The molecule has 0 aliphatic carbocycles. The number of anilines is 1. The number of hydrogen-bond acceptors (Lipinski definition) is 5. The molecule has 0 saturated heterocycles. The van der Waals surface area contributed by atoms with E-state index in [0.29, 0.717) is 22.2 Å². The number of thiazole rings is 1. The van der Waals surface area contributed by atoms with Crippen LogP contribution >= 0.6 is 22.9 Å². The molecule has 3 rings (SSSR count). The van der Waals surface area contributed by atoms with Crippen LogP contribution in [-0.2, 0) is 0 Å². The number of halogens is 1. The summed E-state index contributed by atoms with van der Waals surface area (Å²) in [5, 5.41) is 15.8. The van der Waals surface area contributed by atoms with E-state index >= 15 is 0 Å². The second-order valence-corrected chi connectivity index (χ2v) is 6.61. The summed E-state index contributed by atoms with van der Waals surface area (Å²) >= 11 is 7.40. The van der Waals surface area contributed by atoms with Gasteiger partial charge in [0.05, 0.1) is 12.3 Å².